The van der Waals surface area contributed by atoms with Crippen LogP contribution in [-0.2, 0) is 4.74 Å². The van der Waals surface area contributed by atoms with Gasteiger partial charge >= 0.3 is 0 Å². The molecule has 192 valence electrons. The van der Waals surface area contributed by atoms with E-state index in [9.17, 15) is 0 Å². The van der Waals surface area contributed by atoms with Gasteiger partial charge in [-0.2, -0.15) is 0 Å². The standard InChI is InChI=1S/C31H45NO3/c1-20(7-10-26-27(35-17-16-33)6-5-15-32-26)23-8-9-24-22-18-28(34-4)31-19-21(31)11-14-30(31,3)25(22)12-13-29(23,24)2/h5-7,10,15,20-25,28,33H,8-9,11-14,16-19H2,1-4H3/b10-7+/t20-,21?,22+,23-,24+,25+,28?,29-,30-,31?/m1/s1. The van der Waals surface area contributed by atoms with Crippen LogP contribution in [0.3, 0.4) is 0 Å². The molecule has 1 heterocycles. The van der Waals surface area contributed by atoms with Crippen LogP contribution in [0.4, 0.5) is 0 Å². The molecule has 1 aromatic rings. The maximum atomic E-state index is 9.14. The van der Waals surface area contributed by atoms with Gasteiger partial charge in [-0.15, -0.1) is 0 Å². The molecule has 10 atom stereocenters. The molecule has 0 amide bonds. The van der Waals surface area contributed by atoms with E-state index in [1.807, 2.05) is 25.4 Å². The van der Waals surface area contributed by atoms with Gasteiger partial charge < -0.3 is 14.6 Å². The average Bonchev–Trinajstić information content (AvgIpc) is 3.37. The number of hydrogen-bond acceptors (Lipinski definition) is 4. The van der Waals surface area contributed by atoms with Gasteiger partial charge in [-0.05, 0) is 116 Å². The lowest BCUT2D eigenvalue weighted by Crippen LogP contribution is -2.57. The number of aliphatic hydroxyl groups excluding tert-OH is 1. The number of ether oxygens (including phenoxy) is 2. The minimum atomic E-state index is 0.0170. The Morgan fingerprint density at radius 2 is 2.03 bits per heavy atom. The van der Waals surface area contributed by atoms with Gasteiger partial charge in [0.2, 0.25) is 0 Å². The highest BCUT2D eigenvalue weighted by atomic mass is 16.5. The molecule has 1 N–H and O–H groups in total. The van der Waals surface area contributed by atoms with Crippen molar-refractivity contribution >= 4 is 6.08 Å². The third-order valence-corrected chi connectivity index (χ3v) is 12.2. The number of fused-ring (bicyclic) bond motifs is 4. The van der Waals surface area contributed by atoms with Crippen molar-refractivity contribution in [3.8, 4) is 5.75 Å². The number of methoxy groups -OCH3 is 1. The fraction of sp³-hybridized carbons (Fsp3) is 0.774. The molecule has 0 aromatic carbocycles. The van der Waals surface area contributed by atoms with E-state index >= 15 is 0 Å². The maximum Gasteiger partial charge on any atom is 0.145 e. The van der Waals surface area contributed by atoms with Crippen LogP contribution in [0.15, 0.2) is 24.4 Å². The molecule has 0 radical (unpaired) electrons. The van der Waals surface area contributed by atoms with E-state index in [2.05, 4.69) is 37.9 Å². The minimum absolute atomic E-state index is 0.0170. The molecular weight excluding hydrogens is 434 g/mol. The van der Waals surface area contributed by atoms with E-state index in [1.165, 1.54) is 51.4 Å². The van der Waals surface area contributed by atoms with Gasteiger partial charge in [0.15, 0.2) is 0 Å². The lowest BCUT2D eigenvalue weighted by molar-refractivity contribution is -0.160. The molecule has 35 heavy (non-hydrogen) atoms. The van der Waals surface area contributed by atoms with Gasteiger partial charge in [-0.3, -0.25) is 4.98 Å². The smallest absolute Gasteiger partial charge is 0.145 e. The summed E-state index contributed by atoms with van der Waals surface area (Å²) in [4.78, 5) is 4.54. The molecule has 0 bridgehead atoms. The number of pyridine rings is 1. The Balaban J connectivity index is 1.21. The highest BCUT2D eigenvalue weighted by molar-refractivity contribution is 5.53. The van der Waals surface area contributed by atoms with Crippen molar-refractivity contribution < 1.29 is 14.6 Å². The quantitative estimate of drug-likeness (QED) is 0.493. The number of aromatic nitrogens is 1. The number of aliphatic hydroxyl groups is 1. The summed E-state index contributed by atoms with van der Waals surface area (Å²) >= 11 is 0. The molecule has 4 heteroatoms. The molecule has 6 rings (SSSR count). The Morgan fingerprint density at radius 3 is 2.80 bits per heavy atom. The summed E-state index contributed by atoms with van der Waals surface area (Å²) in [5.74, 6) is 5.52. The summed E-state index contributed by atoms with van der Waals surface area (Å²) in [6, 6.07) is 3.84. The van der Waals surface area contributed by atoms with Crippen molar-refractivity contribution in [2.75, 3.05) is 20.3 Å². The molecule has 3 unspecified atom stereocenters. The zero-order chi connectivity index (χ0) is 24.4. The van der Waals surface area contributed by atoms with E-state index in [0.29, 0.717) is 34.9 Å². The third kappa shape index (κ3) is 3.34. The molecule has 5 fully saturated rings. The molecule has 1 aromatic heterocycles. The van der Waals surface area contributed by atoms with Crippen LogP contribution >= 0.6 is 0 Å². The molecule has 0 saturated heterocycles. The SMILES string of the molecule is COC1C[C@H]2[C@@H]3CC[C@H]([C@H](C)/C=C/c4ncccc4OCCO)[C@@]3(C)CC[C@@H]2[C@@]2(C)CCC3CC312. The van der Waals surface area contributed by atoms with Gasteiger partial charge in [0.05, 0.1) is 12.7 Å². The van der Waals surface area contributed by atoms with Crippen molar-refractivity contribution in [2.45, 2.75) is 78.2 Å². The molecule has 0 aliphatic heterocycles. The summed E-state index contributed by atoms with van der Waals surface area (Å²) < 4.78 is 12.0. The third-order valence-electron chi connectivity index (χ3n) is 12.2. The molecule has 5 saturated carbocycles. The lowest BCUT2D eigenvalue weighted by atomic mass is 9.45. The van der Waals surface area contributed by atoms with Crippen LogP contribution in [0.5, 0.6) is 5.75 Å². The zero-order valence-corrected chi connectivity index (χ0v) is 22.2. The highest BCUT2D eigenvalue weighted by Gasteiger charge is 2.77. The fourth-order valence-corrected chi connectivity index (χ4v) is 10.7. The second-order valence-corrected chi connectivity index (χ2v) is 13.1. The number of nitrogens with zero attached hydrogens (tertiary/aromatic N) is 1. The van der Waals surface area contributed by atoms with E-state index in [4.69, 9.17) is 14.6 Å². The number of hydrogen-bond donors (Lipinski definition) is 1. The van der Waals surface area contributed by atoms with Crippen molar-refractivity contribution in [1.82, 2.24) is 4.98 Å². The summed E-state index contributed by atoms with van der Waals surface area (Å²) in [6.07, 6.45) is 18.0. The van der Waals surface area contributed by atoms with Crippen LogP contribution in [0.25, 0.3) is 6.08 Å². The molecule has 1 spiro atoms. The van der Waals surface area contributed by atoms with Crippen molar-refractivity contribution in [3.05, 3.63) is 30.1 Å². The summed E-state index contributed by atoms with van der Waals surface area (Å²) in [6.45, 7) is 8.04. The predicted molar refractivity (Wildman–Crippen MR) is 139 cm³/mol. The normalized spacial score (nSPS) is 46.5. The molecule has 5 aliphatic carbocycles. The van der Waals surface area contributed by atoms with E-state index in [-0.39, 0.29) is 6.61 Å². The van der Waals surface area contributed by atoms with Crippen LogP contribution in [0.2, 0.25) is 0 Å². The first-order valence-electron chi connectivity index (χ1n) is 14.3. The lowest BCUT2D eigenvalue weighted by Gasteiger charge is -2.61. The Kier molecular flexibility index (Phi) is 5.88. The van der Waals surface area contributed by atoms with Crippen LogP contribution in [0.1, 0.15) is 77.8 Å². The number of allylic oxidation sites excluding steroid dienone is 1. The molecule has 5 aliphatic rings. The fourth-order valence-electron chi connectivity index (χ4n) is 10.7. The first kappa shape index (κ1) is 24.0. The van der Waals surface area contributed by atoms with Crippen LogP contribution in [0, 0.1) is 51.8 Å². The van der Waals surface area contributed by atoms with Gasteiger partial charge in [0.1, 0.15) is 18.1 Å². The minimum Gasteiger partial charge on any atom is -0.489 e. The van der Waals surface area contributed by atoms with E-state index in [0.717, 1.165) is 41.0 Å². The van der Waals surface area contributed by atoms with Crippen LogP contribution in [-0.4, -0.2) is 36.5 Å². The van der Waals surface area contributed by atoms with E-state index in [1.54, 1.807) is 0 Å². The Hall–Kier alpha value is -1.39. The Morgan fingerprint density at radius 1 is 1.17 bits per heavy atom. The largest absolute Gasteiger partial charge is 0.489 e. The monoisotopic (exact) mass is 479 g/mol. The first-order chi connectivity index (χ1) is 16.9. The predicted octanol–water partition coefficient (Wildman–Crippen LogP) is 6.39. The number of rotatable bonds is 7. The van der Waals surface area contributed by atoms with Gasteiger partial charge in [0.25, 0.3) is 0 Å². The maximum absolute atomic E-state index is 9.14. The Labute approximate surface area is 211 Å². The summed E-state index contributed by atoms with van der Waals surface area (Å²) in [5.41, 5.74) is 2.32. The van der Waals surface area contributed by atoms with Crippen LogP contribution < -0.4 is 4.74 Å². The second-order valence-electron chi connectivity index (χ2n) is 13.1. The summed E-state index contributed by atoms with van der Waals surface area (Å²) in [7, 11) is 2.00. The second kappa shape index (κ2) is 8.58. The van der Waals surface area contributed by atoms with Gasteiger partial charge in [0, 0.05) is 18.7 Å². The van der Waals surface area contributed by atoms with Crippen molar-refractivity contribution in [1.29, 1.82) is 0 Å². The molecule has 4 nitrogen and oxygen atoms in total. The topological polar surface area (TPSA) is 51.6 Å². The first-order valence-corrected chi connectivity index (χ1v) is 14.3. The average molecular weight is 480 g/mol. The van der Waals surface area contributed by atoms with Gasteiger partial charge in [-0.25, -0.2) is 0 Å². The van der Waals surface area contributed by atoms with Crippen molar-refractivity contribution in [2.24, 2.45) is 51.8 Å². The van der Waals surface area contributed by atoms with Gasteiger partial charge in [-0.1, -0.05) is 26.8 Å². The Bertz CT molecular complexity index is 978. The zero-order valence-electron chi connectivity index (χ0n) is 22.2. The highest BCUT2D eigenvalue weighted by Crippen LogP contribution is 2.82. The van der Waals surface area contributed by atoms with E-state index < -0.39 is 0 Å². The van der Waals surface area contributed by atoms with Crippen molar-refractivity contribution in [3.63, 3.8) is 0 Å². The molecular formula is C31H45NO3. The summed E-state index contributed by atoms with van der Waals surface area (Å²) in [5, 5.41) is 9.14.